The zero-order chi connectivity index (χ0) is 14.5. The van der Waals surface area contributed by atoms with Gasteiger partial charge in [0.15, 0.2) is 0 Å². The maximum Gasteiger partial charge on any atom is 0.135 e. The number of aromatic nitrogens is 2. The summed E-state index contributed by atoms with van der Waals surface area (Å²) in [6.07, 6.45) is 1.07. The van der Waals surface area contributed by atoms with E-state index >= 15 is 0 Å². The molecule has 1 aliphatic rings. The molecule has 20 heavy (non-hydrogen) atoms. The van der Waals surface area contributed by atoms with Crippen LogP contribution in [0, 0.1) is 0 Å². The van der Waals surface area contributed by atoms with Gasteiger partial charge in [0.05, 0.1) is 19.3 Å². The predicted molar refractivity (Wildman–Crippen MR) is 82.5 cm³/mol. The summed E-state index contributed by atoms with van der Waals surface area (Å²) in [4.78, 5) is 11.7. The monoisotopic (exact) mass is 278 g/mol. The molecule has 0 amide bonds. The van der Waals surface area contributed by atoms with Crippen LogP contribution < -0.4 is 10.2 Å². The molecule has 1 aromatic heterocycles. The third-order valence-corrected chi connectivity index (χ3v) is 3.60. The molecule has 0 spiro atoms. The predicted octanol–water partition coefficient (Wildman–Crippen LogP) is 2.65. The van der Waals surface area contributed by atoms with E-state index in [0.29, 0.717) is 12.0 Å². The second-order valence-electron chi connectivity index (χ2n) is 5.48. The number of anilines is 2. The van der Waals surface area contributed by atoms with Crippen molar-refractivity contribution < 1.29 is 4.74 Å². The van der Waals surface area contributed by atoms with Crippen molar-refractivity contribution in [1.82, 2.24) is 9.97 Å². The average molecular weight is 278 g/mol. The third kappa shape index (κ3) is 3.39. The molecule has 2 rings (SSSR count). The Morgan fingerprint density at radius 1 is 1.40 bits per heavy atom. The van der Waals surface area contributed by atoms with Gasteiger partial charge in [-0.15, -0.1) is 0 Å². The van der Waals surface area contributed by atoms with Gasteiger partial charge in [-0.1, -0.05) is 20.8 Å². The second-order valence-corrected chi connectivity index (χ2v) is 5.48. The molecule has 1 N–H and O–H groups in total. The number of rotatable bonds is 5. The van der Waals surface area contributed by atoms with Crippen molar-refractivity contribution in [1.29, 1.82) is 0 Å². The summed E-state index contributed by atoms with van der Waals surface area (Å²) >= 11 is 0. The van der Waals surface area contributed by atoms with Gasteiger partial charge in [0, 0.05) is 25.1 Å². The summed E-state index contributed by atoms with van der Waals surface area (Å²) in [7, 11) is 0. The largest absolute Gasteiger partial charge is 0.377 e. The molecule has 1 unspecified atom stereocenters. The van der Waals surface area contributed by atoms with Crippen LogP contribution in [0.4, 0.5) is 11.6 Å². The highest BCUT2D eigenvalue weighted by molar-refractivity contribution is 5.50. The van der Waals surface area contributed by atoms with E-state index < -0.39 is 0 Å². The van der Waals surface area contributed by atoms with E-state index in [-0.39, 0.29) is 0 Å². The maximum atomic E-state index is 5.58. The van der Waals surface area contributed by atoms with Crippen molar-refractivity contribution in [3.63, 3.8) is 0 Å². The molecule has 0 aromatic carbocycles. The van der Waals surface area contributed by atoms with E-state index in [1.54, 1.807) is 0 Å². The third-order valence-electron chi connectivity index (χ3n) is 3.60. The van der Waals surface area contributed by atoms with E-state index in [9.17, 15) is 0 Å². The minimum absolute atomic E-state index is 0.327. The Morgan fingerprint density at radius 3 is 2.85 bits per heavy atom. The van der Waals surface area contributed by atoms with Crippen molar-refractivity contribution in [3.8, 4) is 0 Å². The highest BCUT2D eigenvalue weighted by Crippen LogP contribution is 2.24. The van der Waals surface area contributed by atoms with Crippen LogP contribution in [0.2, 0.25) is 0 Å². The van der Waals surface area contributed by atoms with Crippen LogP contribution in [0.3, 0.4) is 0 Å². The van der Waals surface area contributed by atoms with Gasteiger partial charge >= 0.3 is 0 Å². The van der Waals surface area contributed by atoms with Crippen molar-refractivity contribution in [2.24, 2.45) is 0 Å². The molecule has 0 bridgehead atoms. The van der Waals surface area contributed by atoms with Gasteiger partial charge in [0.1, 0.15) is 17.5 Å². The Kier molecular flexibility index (Phi) is 5.17. The summed E-state index contributed by atoms with van der Waals surface area (Å²) in [5, 5.41) is 3.31. The number of nitrogens with one attached hydrogen (secondary N) is 1. The van der Waals surface area contributed by atoms with Crippen molar-refractivity contribution in [3.05, 3.63) is 11.9 Å². The summed E-state index contributed by atoms with van der Waals surface area (Å²) < 4.78 is 5.58. The van der Waals surface area contributed by atoms with E-state index in [0.717, 1.165) is 50.2 Å². The van der Waals surface area contributed by atoms with Crippen molar-refractivity contribution >= 4 is 11.6 Å². The Hall–Kier alpha value is -1.36. The molecule has 1 aromatic rings. The Labute approximate surface area is 121 Å². The first kappa shape index (κ1) is 15.0. The molecule has 112 valence electrons. The number of hydrogen-bond donors (Lipinski definition) is 1. The van der Waals surface area contributed by atoms with E-state index in [4.69, 9.17) is 9.72 Å². The number of hydrogen-bond acceptors (Lipinski definition) is 5. The summed E-state index contributed by atoms with van der Waals surface area (Å²) in [6, 6.07) is 2.47. The molecule has 5 nitrogen and oxygen atoms in total. The lowest BCUT2D eigenvalue weighted by Gasteiger charge is -2.36. The minimum Gasteiger partial charge on any atom is -0.377 e. The van der Waals surface area contributed by atoms with Crippen LogP contribution in [0.5, 0.6) is 0 Å². The number of ether oxygens (including phenoxy) is 1. The summed E-state index contributed by atoms with van der Waals surface area (Å²) in [6.45, 7) is 11.9. The average Bonchev–Trinajstić information content (AvgIpc) is 2.47. The number of nitrogens with zero attached hydrogens (tertiary/aromatic N) is 3. The van der Waals surface area contributed by atoms with Crippen LogP contribution in [-0.4, -0.2) is 42.3 Å². The topological polar surface area (TPSA) is 50.3 Å². The lowest BCUT2D eigenvalue weighted by Crippen LogP contribution is -2.45. The smallest absolute Gasteiger partial charge is 0.135 e. The second kappa shape index (κ2) is 6.88. The van der Waals surface area contributed by atoms with E-state index in [1.165, 1.54) is 0 Å². The van der Waals surface area contributed by atoms with Crippen LogP contribution in [0.25, 0.3) is 0 Å². The molecular formula is C15H26N4O. The highest BCUT2D eigenvalue weighted by Gasteiger charge is 2.24. The fraction of sp³-hybridized carbons (Fsp3) is 0.733. The maximum absolute atomic E-state index is 5.58. The molecule has 1 saturated heterocycles. The molecule has 5 heteroatoms. The summed E-state index contributed by atoms with van der Waals surface area (Å²) in [5.74, 6) is 3.17. The lowest BCUT2D eigenvalue weighted by molar-refractivity contribution is 0.0925. The molecule has 1 fully saturated rings. The Bertz CT molecular complexity index is 436. The SMILES string of the molecule is CCNc1cc(N2CCOCC2CC)nc(C(C)C)n1. The fourth-order valence-corrected chi connectivity index (χ4v) is 2.42. The Morgan fingerprint density at radius 2 is 2.20 bits per heavy atom. The molecular weight excluding hydrogens is 252 g/mol. The summed E-state index contributed by atoms with van der Waals surface area (Å²) in [5.41, 5.74) is 0. The lowest BCUT2D eigenvalue weighted by atomic mass is 10.1. The van der Waals surface area contributed by atoms with Gasteiger partial charge in [0.2, 0.25) is 0 Å². The fourth-order valence-electron chi connectivity index (χ4n) is 2.42. The quantitative estimate of drug-likeness (QED) is 0.897. The normalized spacial score (nSPS) is 19.4. The zero-order valence-electron chi connectivity index (χ0n) is 13.0. The van der Waals surface area contributed by atoms with Crippen LogP contribution >= 0.6 is 0 Å². The van der Waals surface area contributed by atoms with Crippen LogP contribution in [-0.2, 0) is 4.74 Å². The van der Waals surface area contributed by atoms with Gasteiger partial charge in [-0.3, -0.25) is 0 Å². The van der Waals surface area contributed by atoms with Gasteiger partial charge in [-0.05, 0) is 13.3 Å². The molecule has 0 aliphatic carbocycles. The minimum atomic E-state index is 0.327. The molecule has 1 aliphatic heterocycles. The molecule has 1 atom stereocenters. The van der Waals surface area contributed by atoms with Crippen LogP contribution in [0.1, 0.15) is 45.9 Å². The highest BCUT2D eigenvalue weighted by atomic mass is 16.5. The molecule has 0 radical (unpaired) electrons. The standard InChI is InChI=1S/C15H26N4O/c1-5-12-10-20-8-7-19(12)14-9-13(16-6-2)17-15(18-14)11(3)4/h9,11-12H,5-8,10H2,1-4H3,(H,16,17,18). The number of morpholine rings is 1. The first-order valence-electron chi connectivity index (χ1n) is 7.62. The van der Waals surface area contributed by atoms with Gasteiger partial charge in [-0.25, -0.2) is 9.97 Å². The van der Waals surface area contributed by atoms with Gasteiger partial charge in [-0.2, -0.15) is 0 Å². The van der Waals surface area contributed by atoms with Gasteiger partial charge in [0.25, 0.3) is 0 Å². The van der Waals surface area contributed by atoms with Crippen LogP contribution in [0.15, 0.2) is 6.07 Å². The van der Waals surface area contributed by atoms with E-state index in [1.807, 2.05) is 0 Å². The Balaban J connectivity index is 2.32. The molecule has 0 saturated carbocycles. The van der Waals surface area contributed by atoms with Gasteiger partial charge < -0.3 is 15.0 Å². The van der Waals surface area contributed by atoms with Crippen molar-refractivity contribution in [2.45, 2.75) is 46.1 Å². The van der Waals surface area contributed by atoms with Crippen molar-refractivity contribution in [2.75, 3.05) is 36.5 Å². The first-order valence-corrected chi connectivity index (χ1v) is 7.62. The van der Waals surface area contributed by atoms with E-state index in [2.05, 4.69) is 49.0 Å². The first-order chi connectivity index (χ1) is 9.65. The molecule has 2 heterocycles. The zero-order valence-corrected chi connectivity index (χ0v) is 13.0.